The monoisotopic (exact) mass is 311 g/mol. The van der Waals surface area contributed by atoms with Crippen LogP contribution in [0.25, 0.3) is 10.9 Å². The number of fused-ring (bicyclic) bond motifs is 1. The number of hydrogen-bond acceptors (Lipinski definition) is 1. The summed E-state index contributed by atoms with van der Waals surface area (Å²) in [6, 6.07) is 13.6. The fourth-order valence-corrected chi connectivity index (χ4v) is 3.26. The number of rotatable bonds is 2. The second kappa shape index (κ2) is 5.62. The van der Waals surface area contributed by atoms with Crippen LogP contribution in [-0.2, 0) is 6.54 Å². The topological polar surface area (TPSA) is 22.0 Å². The summed E-state index contributed by atoms with van der Waals surface area (Å²) in [5.74, 6) is 0. The molecule has 0 radical (unpaired) electrons. The molecule has 2 aromatic carbocycles. The van der Waals surface area contributed by atoms with E-state index in [-0.39, 0.29) is 5.56 Å². The first kappa shape index (κ1) is 14.9. The van der Waals surface area contributed by atoms with E-state index in [0.717, 1.165) is 27.6 Å². The van der Waals surface area contributed by atoms with E-state index < -0.39 is 0 Å². The Kier molecular flexibility index (Phi) is 3.79. The van der Waals surface area contributed by atoms with E-state index in [1.165, 1.54) is 5.56 Å². The molecule has 3 aromatic rings. The SMILES string of the molecule is Cc1cc(C)c2c(c1)c(C)cc(=O)n2Cc1cccc(Cl)c1. The lowest BCUT2D eigenvalue weighted by Gasteiger charge is -2.15. The van der Waals surface area contributed by atoms with E-state index >= 15 is 0 Å². The molecular weight excluding hydrogens is 294 g/mol. The molecule has 0 aliphatic carbocycles. The molecule has 0 unspecified atom stereocenters. The van der Waals surface area contributed by atoms with Gasteiger partial charge in [-0.2, -0.15) is 0 Å². The van der Waals surface area contributed by atoms with Gasteiger partial charge >= 0.3 is 0 Å². The Labute approximate surface area is 135 Å². The Morgan fingerprint density at radius 3 is 2.50 bits per heavy atom. The number of pyridine rings is 1. The third-order valence-corrected chi connectivity index (χ3v) is 4.21. The molecule has 0 bridgehead atoms. The van der Waals surface area contributed by atoms with Gasteiger partial charge in [-0.15, -0.1) is 0 Å². The molecule has 0 saturated heterocycles. The van der Waals surface area contributed by atoms with Crippen molar-refractivity contribution < 1.29 is 0 Å². The van der Waals surface area contributed by atoms with Crippen molar-refractivity contribution in [1.82, 2.24) is 4.57 Å². The first-order valence-electron chi connectivity index (χ1n) is 7.31. The van der Waals surface area contributed by atoms with Gasteiger partial charge < -0.3 is 4.57 Å². The van der Waals surface area contributed by atoms with Crippen LogP contribution >= 0.6 is 11.6 Å². The largest absolute Gasteiger partial charge is 0.304 e. The van der Waals surface area contributed by atoms with Gasteiger partial charge in [-0.1, -0.05) is 35.4 Å². The maximum atomic E-state index is 12.5. The van der Waals surface area contributed by atoms with Crippen molar-refractivity contribution in [3.05, 3.63) is 80.1 Å². The molecule has 0 aliphatic rings. The average Bonchev–Trinajstić information content (AvgIpc) is 2.43. The third kappa shape index (κ3) is 2.67. The zero-order valence-corrected chi connectivity index (χ0v) is 13.7. The average molecular weight is 312 g/mol. The summed E-state index contributed by atoms with van der Waals surface area (Å²) in [7, 11) is 0. The highest BCUT2D eigenvalue weighted by molar-refractivity contribution is 6.30. The number of aromatic nitrogens is 1. The van der Waals surface area contributed by atoms with Crippen molar-refractivity contribution in [1.29, 1.82) is 0 Å². The molecule has 112 valence electrons. The van der Waals surface area contributed by atoms with Crippen LogP contribution in [0.3, 0.4) is 0 Å². The predicted molar refractivity (Wildman–Crippen MR) is 93.0 cm³/mol. The molecule has 3 heteroatoms. The highest BCUT2D eigenvalue weighted by atomic mass is 35.5. The lowest BCUT2D eigenvalue weighted by Crippen LogP contribution is -2.21. The van der Waals surface area contributed by atoms with E-state index in [1.807, 2.05) is 35.8 Å². The summed E-state index contributed by atoms with van der Waals surface area (Å²) < 4.78 is 1.84. The van der Waals surface area contributed by atoms with Gasteiger partial charge in [0.05, 0.1) is 12.1 Å². The van der Waals surface area contributed by atoms with Crippen LogP contribution in [0.2, 0.25) is 5.02 Å². The Hall–Kier alpha value is -2.06. The first-order valence-corrected chi connectivity index (χ1v) is 7.69. The highest BCUT2D eigenvalue weighted by Gasteiger charge is 2.10. The molecule has 0 aliphatic heterocycles. The van der Waals surface area contributed by atoms with Crippen LogP contribution in [0.15, 0.2) is 47.3 Å². The Morgan fingerprint density at radius 1 is 1.00 bits per heavy atom. The molecule has 0 spiro atoms. The van der Waals surface area contributed by atoms with Gasteiger partial charge in [0.25, 0.3) is 5.56 Å². The van der Waals surface area contributed by atoms with Gasteiger partial charge in [0.15, 0.2) is 0 Å². The molecule has 0 N–H and O–H groups in total. The summed E-state index contributed by atoms with van der Waals surface area (Å²) >= 11 is 6.06. The molecule has 3 rings (SSSR count). The lowest BCUT2D eigenvalue weighted by atomic mass is 10.0. The minimum Gasteiger partial charge on any atom is -0.304 e. The molecule has 2 nitrogen and oxygen atoms in total. The molecule has 0 saturated carbocycles. The van der Waals surface area contributed by atoms with E-state index in [9.17, 15) is 4.79 Å². The zero-order valence-electron chi connectivity index (χ0n) is 13.0. The van der Waals surface area contributed by atoms with Crippen molar-refractivity contribution in [3.63, 3.8) is 0 Å². The van der Waals surface area contributed by atoms with Crippen LogP contribution in [-0.4, -0.2) is 4.57 Å². The van der Waals surface area contributed by atoms with E-state index in [1.54, 1.807) is 6.07 Å². The van der Waals surface area contributed by atoms with Crippen LogP contribution in [0, 0.1) is 20.8 Å². The van der Waals surface area contributed by atoms with Gasteiger partial charge in [-0.05, 0) is 55.7 Å². The first-order chi connectivity index (χ1) is 10.5. The highest BCUT2D eigenvalue weighted by Crippen LogP contribution is 2.23. The fraction of sp³-hybridized carbons (Fsp3) is 0.211. The summed E-state index contributed by atoms with van der Waals surface area (Å²) in [4.78, 5) is 12.5. The van der Waals surface area contributed by atoms with Crippen LogP contribution < -0.4 is 5.56 Å². The summed E-state index contributed by atoms with van der Waals surface area (Å²) in [6.45, 7) is 6.66. The van der Waals surface area contributed by atoms with Gasteiger partial charge in [0.2, 0.25) is 0 Å². The predicted octanol–water partition coefficient (Wildman–Crippen LogP) is 4.63. The minimum absolute atomic E-state index is 0.0249. The van der Waals surface area contributed by atoms with Gasteiger partial charge in [0, 0.05) is 16.5 Å². The number of hydrogen-bond donors (Lipinski definition) is 0. The van der Waals surface area contributed by atoms with Gasteiger partial charge in [-0.3, -0.25) is 4.79 Å². The quantitative estimate of drug-likeness (QED) is 0.676. The second-order valence-corrected chi connectivity index (χ2v) is 6.30. The molecule has 0 amide bonds. The van der Waals surface area contributed by atoms with Crippen molar-refractivity contribution in [2.45, 2.75) is 27.3 Å². The molecule has 0 fully saturated rings. The van der Waals surface area contributed by atoms with Crippen molar-refractivity contribution in [2.24, 2.45) is 0 Å². The maximum absolute atomic E-state index is 12.5. The van der Waals surface area contributed by atoms with Crippen LogP contribution in [0.5, 0.6) is 0 Å². The van der Waals surface area contributed by atoms with Crippen LogP contribution in [0.4, 0.5) is 0 Å². The normalized spacial score (nSPS) is 11.1. The van der Waals surface area contributed by atoms with Crippen molar-refractivity contribution >= 4 is 22.5 Å². The van der Waals surface area contributed by atoms with E-state index in [2.05, 4.69) is 26.0 Å². The summed E-state index contributed by atoms with van der Waals surface area (Å²) in [6.07, 6.45) is 0. The Bertz CT molecular complexity index is 925. The smallest absolute Gasteiger partial charge is 0.251 e. The second-order valence-electron chi connectivity index (χ2n) is 5.86. The lowest BCUT2D eigenvalue weighted by molar-refractivity contribution is 0.790. The molecule has 22 heavy (non-hydrogen) atoms. The number of halogens is 1. The van der Waals surface area contributed by atoms with E-state index in [4.69, 9.17) is 11.6 Å². The number of aryl methyl sites for hydroxylation is 3. The fourth-order valence-electron chi connectivity index (χ4n) is 3.04. The molecule has 0 atom stereocenters. The van der Waals surface area contributed by atoms with Crippen LogP contribution in [0.1, 0.15) is 22.3 Å². The minimum atomic E-state index is 0.0249. The zero-order chi connectivity index (χ0) is 15.9. The molecule has 1 aromatic heterocycles. The summed E-state index contributed by atoms with van der Waals surface area (Å²) in [5.41, 5.74) is 5.42. The van der Waals surface area contributed by atoms with Crippen molar-refractivity contribution in [3.8, 4) is 0 Å². The Morgan fingerprint density at radius 2 is 1.77 bits per heavy atom. The molecule has 1 heterocycles. The molecular formula is C19H18ClNO. The number of benzene rings is 2. The Balaban J connectivity index is 2.27. The summed E-state index contributed by atoms with van der Waals surface area (Å²) in [5, 5.41) is 1.83. The third-order valence-electron chi connectivity index (χ3n) is 3.98. The van der Waals surface area contributed by atoms with Gasteiger partial charge in [-0.25, -0.2) is 0 Å². The number of nitrogens with zero attached hydrogens (tertiary/aromatic N) is 1. The standard InChI is InChI=1S/C19H18ClNO/c1-12-7-14(3)19-17(8-12)13(2)9-18(22)21(19)11-15-5-4-6-16(20)10-15/h4-10H,11H2,1-3H3. The van der Waals surface area contributed by atoms with E-state index in [0.29, 0.717) is 11.6 Å². The maximum Gasteiger partial charge on any atom is 0.251 e. The van der Waals surface area contributed by atoms with Crippen molar-refractivity contribution in [2.75, 3.05) is 0 Å². The van der Waals surface area contributed by atoms with Gasteiger partial charge in [0.1, 0.15) is 0 Å².